The van der Waals surface area contributed by atoms with Crippen molar-refractivity contribution in [1.29, 1.82) is 0 Å². The molecule has 6 nitrogen and oxygen atoms in total. The third-order valence-corrected chi connectivity index (χ3v) is 4.81. The van der Waals surface area contributed by atoms with E-state index in [0.717, 1.165) is 11.8 Å². The molecule has 0 bridgehead atoms. The highest BCUT2D eigenvalue weighted by Crippen LogP contribution is 2.29. The minimum atomic E-state index is -0.863. The van der Waals surface area contributed by atoms with Gasteiger partial charge in [-0.05, 0) is 37.1 Å². The van der Waals surface area contributed by atoms with Gasteiger partial charge in [0, 0.05) is 17.6 Å². The molecule has 0 spiro atoms. The monoisotopic (exact) mass is 391 g/mol. The number of carbonyl (C=O) groups is 2. The number of carboxylic acids is 1. The van der Waals surface area contributed by atoms with Gasteiger partial charge in [0.15, 0.2) is 0 Å². The number of nitrogens with one attached hydrogen (secondary N) is 1. The number of anilines is 2. The molecule has 1 aliphatic heterocycles. The summed E-state index contributed by atoms with van der Waals surface area (Å²) in [5.74, 6) is -0.582. The first kappa shape index (κ1) is 20.3. The Morgan fingerprint density at radius 2 is 1.76 bits per heavy atom. The van der Waals surface area contributed by atoms with Gasteiger partial charge < -0.3 is 15.3 Å². The normalized spacial score (nSPS) is 15.5. The van der Waals surface area contributed by atoms with Crippen LogP contribution in [0.1, 0.15) is 37.0 Å². The van der Waals surface area contributed by atoms with Gasteiger partial charge in [-0.15, -0.1) is 0 Å². The molecule has 1 aromatic heterocycles. The van der Waals surface area contributed by atoms with Crippen molar-refractivity contribution in [3.05, 3.63) is 66.2 Å². The molecule has 0 radical (unpaired) electrons. The highest BCUT2D eigenvalue weighted by molar-refractivity contribution is 6.13. The standard InChI is InChI=1S/C21H19N3O3.C2H6/c25-20(22-14-7-2-1-3-8-14)16-13-19(23-17-10-5-4-9-15(16)17)24-12-6-11-18(24)21(26)27;1-2/h1-5,7-10,13,18H,6,11-12H2,(H,22,25)(H,26,27);1-2H3. The van der Waals surface area contributed by atoms with Crippen LogP contribution in [0.5, 0.6) is 0 Å². The Labute approximate surface area is 170 Å². The minimum absolute atomic E-state index is 0.243. The van der Waals surface area contributed by atoms with E-state index < -0.39 is 12.0 Å². The Morgan fingerprint density at radius 3 is 2.48 bits per heavy atom. The molecular formula is C23H25N3O3. The smallest absolute Gasteiger partial charge is 0.326 e. The molecule has 1 atom stereocenters. The molecule has 1 aliphatic rings. The summed E-state index contributed by atoms with van der Waals surface area (Å²) >= 11 is 0. The van der Waals surface area contributed by atoms with Crippen LogP contribution in [-0.2, 0) is 4.79 Å². The number of pyridine rings is 1. The topological polar surface area (TPSA) is 82.5 Å². The van der Waals surface area contributed by atoms with Gasteiger partial charge in [-0.2, -0.15) is 0 Å². The number of carboxylic acid groups (broad SMARTS) is 1. The van der Waals surface area contributed by atoms with Crippen LogP contribution in [0, 0.1) is 0 Å². The summed E-state index contributed by atoms with van der Waals surface area (Å²) in [6, 6.07) is 17.7. The first-order valence-electron chi connectivity index (χ1n) is 9.89. The van der Waals surface area contributed by atoms with Crippen LogP contribution in [-0.4, -0.2) is 34.6 Å². The largest absolute Gasteiger partial charge is 0.480 e. The molecule has 150 valence electrons. The molecule has 1 saturated heterocycles. The molecule has 3 aromatic rings. The lowest BCUT2D eigenvalue weighted by Crippen LogP contribution is -2.36. The summed E-state index contributed by atoms with van der Waals surface area (Å²) in [4.78, 5) is 30.9. The Balaban J connectivity index is 0.00000117. The van der Waals surface area contributed by atoms with Crippen molar-refractivity contribution in [2.45, 2.75) is 32.7 Å². The number of amides is 1. The third-order valence-electron chi connectivity index (χ3n) is 4.81. The number of fused-ring (bicyclic) bond motifs is 1. The lowest BCUT2D eigenvalue weighted by Gasteiger charge is -2.23. The number of aliphatic carboxylic acids is 1. The summed E-state index contributed by atoms with van der Waals surface area (Å²) < 4.78 is 0. The maximum absolute atomic E-state index is 12.9. The van der Waals surface area contributed by atoms with Crippen LogP contribution in [0.15, 0.2) is 60.7 Å². The van der Waals surface area contributed by atoms with Crippen LogP contribution >= 0.6 is 0 Å². The van der Waals surface area contributed by atoms with Crippen molar-refractivity contribution in [3.8, 4) is 0 Å². The zero-order chi connectivity index (χ0) is 20.8. The lowest BCUT2D eigenvalue weighted by atomic mass is 10.1. The molecule has 2 heterocycles. The van der Waals surface area contributed by atoms with E-state index in [0.29, 0.717) is 35.6 Å². The number of para-hydroxylation sites is 2. The quantitative estimate of drug-likeness (QED) is 0.681. The van der Waals surface area contributed by atoms with Crippen molar-refractivity contribution >= 4 is 34.3 Å². The molecule has 2 aromatic carbocycles. The number of carbonyl (C=O) groups excluding carboxylic acids is 1. The van der Waals surface area contributed by atoms with Gasteiger partial charge >= 0.3 is 5.97 Å². The molecule has 0 saturated carbocycles. The fraction of sp³-hybridized carbons (Fsp3) is 0.261. The van der Waals surface area contributed by atoms with Gasteiger partial charge in [0.2, 0.25) is 0 Å². The lowest BCUT2D eigenvalue weighted by molar-refractivity contribution is -0.138. The second-order valence-electron chi connectivity index (χ2n) is 6.55. The van der Waals surface area contributed by atoms with E-state index in [-0.39, 0.29) is 5.91 Å². The summed E-state index contributed by atoms with van der Waals surface area (Å²) in [6.07, 6.45) is 1.37. The van der Waals surface area contributed by atoms with E-state index in [1.54, 1.807) is 11.0 Å². The van der Waals surface area contributed by atoms with E-state index in [4.69, 9.17) is 0 Å². The fourth-order valence-electron chi connectivity index (χ4n) is 3.51. The van der Waals surface area contributed by atoms with Crippen molar-refractivity contribution in [1.82, 2.24) is 4.98 Å². The van der Waals surface area contributed by atoms with Crippen molar-refractivity contribution in [2.75, 3.05) is 16.8 Å². The Hall–Kier alpha value is -3.41. The first-order chi connectivity index (χ1) is 14.1. The van der Waals surface area contributed by atoms with Crippen LogP contribution in [0.25, 0.3) is 10.9 Å². The molecule has 29 heavy (non-hydrogen) atoms. The number of rotatable bonds is 4. The average molecular weight is 391 g/mol. The van der Waals surface area contributed by atoms with Gasteiger partial charge in [0.25, 0.3) is 5.91 Å². The predicted molar refractivity (Wildman–Crippen MR) is 115 cm³/mol. The maximum atomic E-state index is 12.9. The van der Waals surface area contributed by atoms with E-state index in [1.807, 2.05) is 68.4 Å². The molecule has 1 unspecified atom stereocenters. The SMILES string of the molecule is CC.O=C(Nc1ccccc1)c1cc(N2CCCC2C(=O)O)nc2ccccc12. The second-order valence-corrected chi connectivity index (χ2v) is 6.55. The average Bonchev–Trinajstić information content (AvgIpc) is 3.25. The van der Waals surface area contributed by atoms with Gasteiger partial charge in [0.05, 0.1) is 11.1 Å². The fourth-order valence-corrected chi connectivity index (χ4v) is 3.51. The van der Waals surface area contributed by atoms with E-state index in [2.05, 4.69) is 10.3 Å². The number of nitrogens with zero attached hydrogens (tertiary/aromatic N) is 2. The molecule has 2 N–H and O–H groups in total. The molecule has 4 rings (SSSR count). The Kier molecular flexibility index (Phi) is 6.44. The first-order valence-corrected chi connectivity index (χ1v) is 9.89. The maximum Gasteiger partial charge on any atom is 0.326 e. The summed E-state index contributed by atoms with van der Waals surface area (Å²) in [5.41, 5.74) is 1.86. The molecule has 6 heteroatoms. The highest BCUT2D eigenvalue weighted by Gasteiger charge is 2.32. The van der Waals surface area contributed by atoms with Gasteiger partial charge in [-0.3, -0.25) is 4.79 Å². The van der Waals surface area contributed by atoms with Gasteiger partial charge in [0.1, 0.15) is 11.9 Å². The van der Waals surface area contributed by atoms with Crippen LogP contribution in [0.2, 0.25) is 0 Å². The van der Waals surface area contributed by atoms with E-state index >= 15 is 0 Å². The number of hydrogen-bond donors (Lipinski definition) is 2. The van der Waals surface area contributed by atoms with Gasteiger partial charge in [-0.1, -0.05) is 50.2 Å². The van der Waals surface area contributed by atoms with Crippen molar-refractivity contribution in [2.24, 2.45) is 0 Å². The van der Waals surface area contributed by atoms with Crippen molar-refractivity contribution < 1.29 is 14.7 Å². The zero-order valence-electron chi connectivity index (χ0n) is 16.6. The van der Waals surface area contributed by atoms with Crippen LogP contribution in [0.3, 0.4) is 0 Å². The van der Waals surface area contributed by atoms with E-state index in [9.17, 15) is 14.7 Å². The van der Waals surface area contributed by atoms with Crippen molar-refractivity contribution in [3.63, 3.8) is 0 Å². The zero-order valence-corrected chi connectivity index (χ0v) is 16.6. The van der Waals surface area contributed by atoms with Crippen LogP contribution in [0.4, 0.5) is 11.5 Å². The third kappa shape index (κ3) is 4.37. The molecule has 1 fully saturated rings. The van der Waals surface area contributed by atoms with Gasteiger partial charge in [-0.25, -0.2) is 9.78 Å². The Morgan fingerprint density at radius 1 is 1.07 bits per heavy atom. The van der Waals surface area contributed by atoms with Crippen LogP contribution < -0.4 is 10.2 Å². The molecule has 1 amide bonds. The predicted octanol–water partition coefficient (Wildman–Crippen LogP) is 4.57. The number of benzene rings is 2. The minimum Gasteiger partial charge on any atom is -0.480 e. The molecule has 0 aliphatic carbocycles. The number of aromatic nitrogens is 1. The summed E-state index contributed by atoms with van der Waals surface area (Å²) in [5, 5.41) is 13.1. The number of hydrogen-bond acceptors (Lipinski definition) is 4. The molecular weight excluding hydrogens is 366 g/mol. The summed E-state index contributed by atoms with van der Waals surface area (Å²) in [6.45, 7) is 4.61. The summed E-state index contributed by atoms with van der Waals surface area (Å²) in [7, 11) is 0. The van der Waals surface area contributed by atoms with E-state index in [1.165, 1.54) is 0 Å². The highest BCUT2D eigenvalue weighted by atomic mass is 16.4. The second kappa shape index (κ2) is 9.19. The Bertz CT molecular complexity index is 1000.